The number of nitrogens with one attached hydrogen (secondary N) is 1. The van der Waals surface area contributed by atoms with Crippen molar-refractivity contribution in [1.82, 2.24) is 14.9 Å². The van der Waals surface area contributed by atoms with Crippen LogP contribution in [0.5, 0.6) is 0 Å². The summed E-state index contributed by atoms with van der Waals surface area (Å²) in [5.74, 6) is 0. The van der Waals surface area contributed by atoms with Gasteiger partial charge in [0, 0.05) is 23.5 Å². The maximum absolute atomic E-state index is 4.36. The number of thioether (sulfide) groups is 1. The molecule has 1 N–H and O–H groups in total. The summed E-state index contributed by atoms with van der Waals surface area (Å²) < 4.78 is 2.88. The molecule has 4 heteroatoms. The molecule has 1 saturated heterocycles. The van der Waals surface area contributed by atoms with E-state index in [4.69, 9.17) is 0 Å². The lowest BCUT2D eigenvalue weighted by molar-refractivity contribution is 0.316. The first-order valence-corrected chi connectivity index (χ1v) is 7.84. The molecule has 1 aromatic rings. The minimum atomic E-state index is 0.494. The first-order chi connectivity index (χ1) is 8.33. The van der Waals surface area contributed by atoms with E-state index in [1.165, 1.54) is 37.8 Å². The Morgan fingerprint density at radius 3 is 3.00 bits per heavy atom. The van der Waals surface area contributed by atoms with Crippen LogP contribution in [0.15, 0.2) is 12.5 Å². The second-order valence-corrected chi connectivity index (χ2v) is 6.61. The lowest BCUT2D eigenvalue weighted by Crippen LogP contribution is -2.38. The van der Waals surface area contributed by atoms with Gasteiger partial charge in [0.15, 0.2) is 0 Å². The quantitative estimate of drug-likeness (QED) is 0.892. The molecular formula is C13H21N3S. The highest BCUT2D eigenvalue weighted by atomic mass is 32.2. The molecule has 1 saturated carbocycles. The van der Waals surface area contributed by atoms with E-state index in [9.17, 15) is 0 Å². The second kappa shape index (κ2) is 4.65. The Labute approximate surface area is 107 Å². The van der Waals surface area contributed by atoms with Crippen LogP contribution in [0.1, 0.15) is 43.8 Å². The number of aromatic nitrogens is 2. The Bertz CT molecular complexity index is 372. The summed E-state index contributed by atoms with van der Waals surface area (Å²) >= 11 is 2.04. The molecule has 2 fully saturated rings. The molecule has 1 aromatic heterocycles. The van der Waals surface area contributed by atoms with Crippen LogP contribution >= 0.6 is 11.8 Å². The lowest BCUT2D eigenvalue weighted by atomic mass is 9.84. The summed E-state index contributed by atoms with van der Waals surface area (Å²) in [5, 5.41) is 3.57. The van der Waals surface area contributed by atoms with Crippen molar-refractivity contribution in [2.75, 3.05) is 12.8 Å². The normalized spacial score (nSPS) is 27.0. The molecule has 0 amide bonds. The summed E-state index contributed by atoms with van der Waals surface area (Å²) in [6, 6.07) is 0.538. The van der Waals surface area contributed by atoms with Gasteiger partial charge < -0.3 is 9.88 Å². The third kappa shape index (κ3) is 2.13. The maximum atomic E-state index is 4.36. The molecule has 2 heterocycles. The molecule has 0 aromatic carbocycles. The van der Waals surface area contributed by atoms with E-state index in [0.717, 1.165) is 13.1 Å². The minimum absolute atomic E-state index is 0.494. The van der Waals surface area contributed by atoms with Gasteiger partial charge in [0.05, 0.1) is 12.0 Å². The molecule has 1 aliphatic heterocycles. The molecule has 3 nitrogen and oxygen atoms in total. The van der Waals surface area contributed by atoms with Crippen LogP contribution in [0, 0.1) is 0 Å². The molecule has 0 bridgehead atoms. The zero-order chi connectivity index (χ0) is 11.7. The number of imidazole rings is 1. The van der Waals surface area contributed by atoms with Gasteiger partial charge in [-0.3, -0.25) is 0 Å². The molecule has 17 heavy (non-hydrogen) atoms. The van der Waals surface area contributed by atoms with Gasteiger partial charge >= 0.3 is 0 Å². The summed E-state index contributed by atoms with van der Waals surface area (Å²) in [6.07, 6.45) is 13.0. The highest BCUT2D eigenvalue weighted by Gasteiger charge is 2.37. The van der Waals surface area contributed by atoms with Gasteiger partial charge in [-0.1, -0.05) is 6.42 Å². The minimum Gasteiger partial charge on any atom is -0.332 e. The first kappa shape index (κ1) is 11.6. The Kier molecular flexibility index (Phi) is 3.17. The van der Waals surface area contributed by atoms with Crippen LogP contribution in [0.3, 0.4) is 0 Å². The van der Waals surface area contributed by atoms with E-state index in [1.807, 2.05) is 18.1 Å². The van der Waals surface area contributed by atoms with E-state index < -0.39 is 0 Å². The number of hydrogen-bond acceptors (Lipinski definition) is 3. The fourth-order valence-corrected chi connectivity index (χ4v) is 3.96. The fraction of sp³-hybridized carbons (Fsp3) is 0.769. The van der Waals surface area contributed by atoms with Crippen molar-refractivity contribution < 1.29 is 0 Å². The van der Waals surface area contributed by atoms with E-state index >= 15 is 0 Å². The van der Waals surface area contributed by atoms with Gasteiger partial charge in [0.1, 0.15) is 0 Å². The number of rotatable bonds is 4. The fourth-order valence-electron chi connectivity index (χ4n) is 3.00. The highest BCUT2D eigenvalue weighted by Crippen LogP contribution is 2.44. The van der Waals surface area contributed by atoms with Crippen LogP contribution in [0.4, 0.5) is 0 Å². The lowest BCUT2D eigenvalue weighted by Gasteiger charge is -2.41. The van der Waals surface area contributed by atoms with Gasteiger partial charge in [-0.05, 0) is 38.5 Å². The summed E-state index contributed by atoms with van der Waals surface area (Å²) in [7, 11) is 0. The van der Waals surface area contributed by atoms with Crippen LogP contribution < -0.4 is 5.32 Å². The van der Waals surface area contributed by atoms with Crippen molar-refractivity contribution in [2.24, 2.45) is 0 Å². The Hall–Kier alpha value is -0.480. The summed E-state index contributed by atoms with van der Waals surface area (Å²) in [6.45, 7) is 2.30. The molecule has 3 rings (SSSR count). The first-order valence-electron chi connectivity index (χ1n) is 6.62. The Morgan fingerprint density at radius 2 is 2.41 bits per heavy atom. The van der Waals surface area contributed by atoms with Crippen molar-refractivity contribution in [1.29, 1.82) is 0 Å². The zero-order valence-corrected chi connectivity index (χ0v) is 11.3. The van der Waals surface area contributed by atoms with E-state index in [2.05, 4.69) is 27.3 Å². The summed E-state index contributed by atoms with van der Waals surface area (Å²) in [5.41, 5.74) is 1.39. The van der Waals surface area contributed by atoms with Gasteiger partial charge in [-0.25, -0.2) is 4.98 Å². The number of nitrogens with zero attached hydrogens (tertiary/aromatic N) is 2. The number of hydrogen-bond donors (Lipinski definition) is 1. The molecule has 1 atom stereocenters. The van der Waals surface area contributed by atoms with Crippen molar-refractivity contribution in [2.45, 2.75) is 49.4 Å². The van der Waals surface area contributed by atoms with Gasteiger partial charge in [-0.15, -0.1) is 0 Å². The average molecular weight is 251 g/mol. The van der Waals surface area contributed by atoms with Gasteiger partial charge in [0.25, 0.3) is 0 Å². The predicted octanol–water partition coefficient (Wildman–Crippen LogP) is 2.59. The highest BCUT2D eigenvalue weighted by molar-refractivity contribution is 8.00. The zero-order valence-electron chi connectivity index (χ0n) is 10.5. The van der Waals surface area contributed by atoms with Crippen LogP contribution in [0.25, 0.3) is 0 Å². The third-order valence-corrected chi connectivity index (χ3v) is 5.72. The van der Waals surface area contributed by atoms with Crippen LogP contribution in [-0.2, 0) is 6.54 Å². The van der Waals surface area contributed by atoms with Crippen molar-refractivity contribution in [3.05, 3.63) is 18.2 Å². The SMILES string of the molecule is CSC1(Cn2cncc2C2CCCN2)CCC1. The molecule has 2 aliphatic rings. The molecule has 0 radical (unpaired) electrons. The van der Waals surface area contributed by atoms with Crippen molar-refractivity contribution >= 4 is 11.8 Å². The van der Waals surface area contributed by atoms with E-state index in [0.29, 0.717) is 10.8 Å². The van der Waals surface area contributed by atoms with Crippen LogP contribution in [-0.4, -0.2) is 27.1 Å². The smallest absolute Gasteiger partial charge is 0.0949 e. The van der Waals surface area contributed by atoms with E-state index in [1.54, 1.807) is 0 Å². The third-order valence-electron chi connectivity index (χ3n) is 4.32. The Morgan fingerprint density at radius 1 is 1.53 bits per heavy atom. The molecule has 94 valence electrons. The van der Waals surface area contributed by atoms with E-state index in [-0.39, 0.29) is 0 Å². The predicted molar refractivity (Wildman–Crippen MR) is 72.3 cm³/mol. The standard InChI is InChI=1S/C13H21N3S/c1-17-13(5-3-6-13)9-16-10-14-8-12(16)11-4-2-7-15-11/h8,10-11,15H,2-7,9H2,1H3. The monoisotopic (exact) mass is 251 g/mol. The van der Waals surface area contributed by atoms with Gasteiger partial charge in [-0.2, -0.15) is 11.8 Å². The summed E-state index contributed by atoms with van der Waals surface area (Å²) in [4.78, 5) is 4.36. The molecule has 1 unspecified atom stereocenters. The maximum Gasteiger partial charge on any atom is 0.0949 e. The average Bonchev–Trinajstić information content (AvgIpc) is 2.93. The van der Waals surface area contributed by atoms with Gasteiger partial charge in [0.2, 0.25) is 0 Å². The largest absolute Gasteiger partial charge is 0.332 e. The Balaban J connectivity index is 1.76. The van der Waals surface area contributed by atoms with Crippen LogP contribution in [0.2, 0.25) is 0 Å². The molecular weight excluding hydrogens is 230 g/mol. The topological polar surface area (TPSA) is 29.9 Å². The second-order valence-electron chi connectivity index (χ2n) is 5.34. The van der Waals surface area contributed by atoms with Crippen molar-refractivity contribution in [3.8, 4) is 0 Å². The molecule has 0 spiro atoms. The van der Waals surface area contributed by atoms with Crippen molar-refractivity contribution in [3.63, 3.8) is 0 Å². The molecule has 1 aliphatic carbocycles.